The fourth-order valence-electron chi connectivity index (χ4n) is 2.09. The van der Waals surface area contributed by atoms with Gasteiger partial charge in [0.1, 0.15) is 6.04 Å². The van der Waals surface area contributed by atoms with Crippen LogP contribution in [0.15, 0.2) is 0 Å². The Kier molecular flexibility index (Phi) is 4.77. The zero-order valence-corrected chi connectivity index (χ0v) is 10.8. The van der Waals surface area contributed by atoms with Crippen LogP contribution < -0.4 is 11.1 Å². The Morgan fingerprint density at radius 3 is 2.53 bits per heavy atom. The minimum atomic E-state index is -0.519. The Morgan fingerprint density at radius 1 is 1.35 bits per heavy atom. The Balaban J connectivity index is 0.00000144. The lowest BCUT2D eigenvalue weighted by Crippen LogP contribution is -2.50. The van der Waals surface area contributed by atoms with Crippen molar-refractivity contribution >= 4 is 24.2 Å². The Hall–Kier alpha value is -0.810. The molecular formula is C11H20ClN3O2. The highest BCUT2D eigenvalue weighted by Gasteiger charge is 2.37. The van der Waals surface area contributed by atoms with Gasteiger partial charge in [0.2, 0.25) is 11.8 Å². The molecule has 2 atom stereocenters. The Morgan fingerprint density at radius 2 is 2.00 bits per heavy atom. The molecular weight excluding hydrogens is 242 g/mol. The van der Waals surface area contributed by atoms with Gasteiger partial charge in [-0.2, -0.15) is 0 Å². The number of nitrogens with two attached hydrogens (primary N) is 1. The molecule has 2 rings (SSSR count). The maximum absolute atomic E-state index is 11.9. The molecule has 2 aliphatic rings. The summed E-state index contributed by atoms with van der Waals surface area (Å²) in [6.45, 7) is 2.32. The minimum Gasteiger partial charge on any atom is -0.352 e. The maximum atomic E-state index is 11.9. The SMILES string of the molecule is CC(N)C(=O)N1CCCC1C(=O)NC1CC1.Cl. The number of hydrogen-bond donors (Lipinski definition) is 2. The molecule has 2 unspecified atom stereocenters. The van der Waals surface area contributed by atoms with Crippen molar-refractivity contribution in [2.45, 2.75) is 50.7 Å². The number of likely N-dealkylation sites (tertiary alicyclic amines) is 1. The van der Waals surface area contributed by atoms with Crippen LogP contribution in [-0.2, 0) is 9.59 Å². The van der Waals surface area contributed by atoms with Gasteiger partial charge in [0.05, 0.1) is 6.04 Å². The molecule has 1 saturated carbocycles. The molecule has 2 amide bonds. The van der Waals surface area contributed by atoms with Crippen molar-refractivity contribution in [2.75, 3.05) is 6.54 Å². The summed E-state index contributed by atoms with van der Waals surface area (Å²) < 4.78 is 0. The van der Waals surface area contributed by atoms with Crippen molar-refractivity contribution in [3.8, 4) is 0 Å². The van der Waals surface area contributed by atoms with Crippen LogP contribution in [0, 0.1) is 0 Å². The molecule has 5 nitrogen and oxygen atoms in total. The van der Waals surface area contributed by atoms with Gasteiger partial charge >= 0.3 is 0 Å². The first-order chi connectivity index (χ1) is 7.59. The standard InChI is InChI=1S/C11H19N3O2.ClH/c1-7(12)11(16)14-6-2-3-9(14)10(15)13-8-4-5-8;/h7-9H,2-6,12H2,1H3,(H,13,15);1H. The largest absolute Gasteiger partial charge is 0.352 e. The Labute approximate surface area is 108 Å². The van der Waals surface area contributed by atoms with E-state index in [4.69, 9.17) is 5.73 Å². The smallest absolute Gasteiger partial charge is 0.243 e. The predicted molar refractivity (Wildman–Crippen MR) is 66.8 cm³/mol. The second-order valence-corrected chi connectivity index (χ2v) is 4.76. The summed E-state index contributed by atoms with van der Waals surface area (Å²) in [5.41, 5.74) is 5.57. The van der Waals surface area contributed by atoms with Gasteiger partial charge in [-0.05, 0) is 32.6 Å². The zero-order valence-electron chi connectivity index (χ0n) is 10.0. The van der Waals surface area contributed by atoms with Crippen molar-refractivity contribution in [2.24, 2.45) is 5.73 Å². The van der Waals surface area contributed by atoms with Crippen LogP contribution in [0.4, 0.5) is 0 Å². The number of halogens is 1. The number of carbonyl (C=O) groups is 2. The van der Waals surface area contributed by atoms with E-state index in [0.717, 1.165) is 25.7 Å². The molecule has 6 heteroatoms. The van der Waals surface area contributed by atoms with Gasteiger partial charge < -0.3 is 16.0 Å². The first-order valence-electron chi connectivity index (χ1n) is 5.96. The summed E-state index contributed by atoms with van der Waals surface area (Å²) in [5.74, 6) is -0.123. The van der Waals surface area contributed by atoms with Crippen LogP contribution in [0.1, 0.15) is 32.6 Å². The summed E-state index contributed by atoms with van der Waals surface area (Å²) in [5, 5.41) is 2.95. The molecule has 1 aliphatic carbocycles. The molecule has 0 bridgehead atoms. The second kappa shape index (κ2) is 5.69. The van der Waals surface area contributed by atoms with Crippen molar-refractivity contribution < 1.29 is 9.59 Å². The second-order valence-electron chi connectivity index (χ2n) is 4.76. The number of carbonyl (C=O) groups excluding carboxylic acids is 2. The van der Waals surface area contributed by atoms with Crippen molar-refractivity contribution in [3.05, 3.63) is 0 Å². The normalized spacial score (nSPS) is 25.1. The lowest BCUT2D eigenvalue weighted by molar-refractivity contribution is -0.139. The highest BCUT2D eigenvalue weighted by molar-refractivity contribution is 5.90. The van der Waals surface area contributed by atoms with Gasteiger partial charge in [0.25, 0.3) is 0 Å². The van der Waals surface area contributed by atoms with Gasteiger partial charge in [-0.1, -0.05) is 0 Å². The third kappa shape index (κ3) is 3.33. The quantitative estimate of drug-likeness (QED) is 0.752. The molecule has 1 saturated heterocycles. The fourth-order valence-corrected chi connectivity index (χ4v) is 2.09. The van der Waals surface area contributed by atoms with E-state index in [2.05, 4.69) is 5.32 Å². The molecule has 17 heavy (non-hydrogen) atoms. The third-order valence-electron chi connectivity index (χ3n) is 3.15. The minimum absolute atomic E-state index is 0. The third-order valence-corrected chi connectivity index (χ3v) is 3.15. The lowest BCUT2D eigenvalue weighted by atomic mass is 10.2. The van der Waals surface area contributed by atoms with E-state index in [-0.39, 0.29) is 30.3 Å². The summed E-state index contributed by atoms with van der Waals surface area (Å²) in [6, 6.07) is -0.464. The molecule has 0 spiro atoms. The van der Waals surface area contributed by atoms with Crippen LogP contribution in [0.5, 0.6) is 0 Å². The summed E-state index contributed by atoms with van der Waals surface area (Å²) >= 11 is 0. The average molecular weight is 262 g/mol. The van der Waals surface area contributed by atoms with E-state index in [1.165, 1.54) is 0 Å². The van der Waals surface area contributed by atoms with Gasteiger partial charge in [0.15, 0.2) is 0 Å². The fraction of sp³-hybridized carbons (Fsp3) is 0.818. The highest BCUT2D eigenvalue weighted by atomic mass is 35.5. The van der Waals surface area contributed by atoms with E-state index in [1.54, 1.807) is 11.8 Å². The number of hydrogen-bond acceptors (Lipinski definition) is 3. The van der Waals surface area contributed by atoms with Gasteiger partial charge in [0, 0.05) is 12.6 Å². The van der Waals surface area contributed by atoms with Crippen molar-refractivity contribution in [1.29, 1.82) is 0 Å². The molecule has 0 aromatic heterocycles. The van der Waals surface area contributed by atoms with Gasteiger partial charge in [-0.25, -0.2) is 0 Å². The number of nitrogens with zero attached hydrogens (tertiary/aromatic N) is 1. The lowest BCUT2D eigenvalue weighted by Gasteiger charge is -2.25. The highest BCUT2D eigenvalue weighted by Crippen LogP contribution is 2.22. The van der Waals surface area contributed by atoms with Crippen LogP contribution in [-0.4, -0.2) is 41.4 Å². The molecule has 1 aliphatic heterocycles. The topological polar surface area (TPSA) is 75.4 Å². The van der Waals surface area contributed by atoms with Crippen LogP contribution in [0.3, 0.4) is 0 Å². The van der Waals surface area contributed by atoms with Gasteiger partial charge in [-0.3, -0.25) is 9.59 Å². The van der Waals surface area contributed by atoms with E-state index < -0.39 is 6.04 Å². The molecule has 1 heterocycles. The van der Waals surface area contributed by atoms with E-state index in [0.29, 0.717) is 12.6 Å². The summed E-state index contributed by atoms with van der Waals surface area (Å²) in [6.07, 6.45) is 3.79. The van der Waals surface area contributed by atoms with E-state index >= 15 is 0 Å². The number of amides is 2. The first-order valence-corrected chi connectivity index (χ1v) is 5.96. The summed E-state index contributed by atoms with van der Waals surface area (Å²) in [4.78, 5) is 25.3. The molecule has 3 N–H and O–H groups in total. The van der Waals surface area contributed by atoms with Crippen LogP contribution in [0.2, 0.25) is 0 Å². The molecule has 0 radical (unpaired) electrons. The predicted octanol–water partition coefficient (Wildman–Crippen LogP) is 0.0250. The molecule has 2 fully saturated rings. The molecule has 98 valence electrons. The summed E-state index contributed by atoms with van der Waals surface area (Å²) in [7, 11) is 0. The van der Waals surface area contributed by atoms with E-state index in [1.807, 2.05) is 0 Å². The Bertz CT molecular complexity index is 305. The van der Waals surface area contributed by atoms with Crippen LogP contribution in [0.25, 0.3) is 0 Å². The monoisotopic (exact) mass is 261 g/mol. The number of nitrogens with one attached hydrogen (secondary N) is 1. The van der Waals surface area contributed by atoms with Gasteiger partial charge in [-0.15, -0.1) is 12.4 Å². The van der Waals surface area contributed by atoms with E-state index in [9.17, 15) is 9.59 Å². The molecule has 0 aromatic carbocycles. The average Bonchev–Trinajstić information content (AvgIpc) is 2.91. The van der Waals surface area contributed by atoms with Crippen molar-refractivity contribution in [1.82, 2.24) is 10.2 Å². The first kappa shape index (κ1) is 14.3. The van der Waals surface area contributed by atoms with Crippen molar-refractivity contribution in [3.63, 3.8) is 0 Å². The van der Waals surface area contributed by atoms with Crippen LogP contribution >= 0.6 is 12.4 Å². The molecule has 0 aromatic rings. The number of rotatable bonds is 3. The zero-order chi connectivity index (χ0) is 11.7. The maximum Gasteiger partial charge on any atom is 0.243 e.